The summed E-state index contributed by atoms with van der Waals surface area (Å²) in [5.74, 6) is 0. The lowest BCUT2D eigenvalue weighted by atomic mass is 10.2. The molecule has 0 saturated heterocycles. The fraction of sp³-hybridized carbons (Fsp3) is 0.143. The van der Waals surface area contributed by atoms with Crippen molar-refractivity contribution in [3.63, 3.8) is 0 Å². The number of halogens is 5. The first-order valence-corrected chi connectivity index (χ1v) is 4.00. The van der Waals surface area contributed by atoms with Crippen molar-refractivity contribution in [1.82, 2.24) is 4.98 Å². The van der Waals surface area contributed by atoms with E-state index in [0.717, 1.165) is 0 Å². The van der Waals surface area contributed by atoms with Crippen molar-refractivity contribution in [1.29, 1.82) is 0 Å². The number of rotatable bonds is 1. The summed E-state index contributed by atoms with van der Waals surface area (Å²) in [6.45, 7) is 0. The molecule has 1 aromatic heterocycles. The van der Waals surface area contributed by atoms with Crippen molar-refractivity contribution in [2.45, 2.75) is 6.18 Å². The van der Waals surface area contributed by atoms with Gasteiger partial charge in [-0.1, -0.05) is 11.6 Å². The zero-order chi connectivity index (χ0) is 10.9. The third-order valence-corrected chi connectivity index (χ3v) is 1.87. The SMILES string of the molecule is O=C(Cl)c1cnc(C(F)(F)F)cc1Cl. The monoisotopic (exact) mass is 243 g/mol. The van der Waals surface area contributed by atoms with Crippen molar-refractivity contribution in [3.8, 4) is 0 Å². The largest absolute Gasteiger partial charge is 0.433 e. The molecule has 76 valence electrons. The Labute approximate surface area is 86.6 Å². The van der Waals surface area contributed by atoms with Crippen LogP contribution in [0.15, 0.2) is 12.3 Å². The molecule has 0 amide bonds. The highest BCUT2D eigenvalue weighted by Gasteiger charge is 2.33. The lowest BCUT2D eigenvalue weighted by Crippen LogP contribution is -2.08. The third kappa shape index (κ3) is 2.36. The van der Waals surface area contributed by atoms with E-state index in [2.05, 4.69) is 4.98 Å². The number of pyridine rings is 1. The molecule has 0 aliphatic rings. The van der Waals surface area contributed by atoms with E-state index in [0.29, 0.717) is 12.3 Å². The van der Waals surface area contributed by atoms with Gasteiger partial charge in [0.15, 0.2) is 0 Å². The van der Waals surface area contributed by atoms with Gasteiger partial charge in [-0.25, -0.2) is 0 Å². The van der Waals surface area contributed by atoms with E-state index in [1.165, 1.54) is 0 Å². The van der Waals surface area contributed by atoms with Gasteiger partial charge < -0.3 is 0 Å². The summed E-state index contributed by atoms with van der Waals surface area (Å²) in [6, 6.07) is 0.553. The summed E-state index contributed by atoms with van der Waals surface area (Å²) >= 11 is 10.4. The van der Waals surface area contributed by atoms with Crippen LogP contribution in [0.4, 0.5) is 13.2 Å². The standard InChI is InChI=1S/C7H2Cl2F3NO/c8-4-1-5(7(10,11)12)13-2-3(4)6(9)14/h1-2H. The molecule has 0 aromatic carbocycles. The minimum absolute atomic E-state index is 0.249. The summed E-state index contributed by atoms with van der Waals surface area (Å²) < 4.78 is 36.2. The summed E-state index contributed by atoms with van der Waals surface area (Å²) in [5, 5.41) is -1.32. The van der Waals surface area contributed by atoms with E-state index >= 15 is 0 Å². The fourth-order valence-corrected chi connectivity index (χ4v) is 1.17. The number of carbonyl (C=O) groups is 1. The molecule has 0 spiro atoms. The summed E-state index contributed by atoms with van der Waals surface area (Å²) in [7, 11) is 0. The molecule has 1 aromatic rings. The summed E-state index contributed by atoms with van der Waals surface area (Å²) in [4.78, 5) is 13.6. The van der Waals surface area contributed by atoms with Gasteiger partial charge in [0, 0.05) is 6.20 Å². The Morgan fingerprint density at radius 1 is 1.43 bits per heavy atom. The van der Waals surface area contributed by atoms with Crippen LogP contribution in [0.2, 0.25) is 5.02 Å². The molecular formula is C7H2Cl2F3NO. The van der Waals surface area contributed by atoms with E-state index in [-0.39, 0.29) is 10.6 Å². The lowest BCUT2D eigenvalue weighted by Gasteiger charge is -2.06. The minimum atomic E-state index is -4.59. The first-order chi connectivity index (χ1) is 6.32. The average Bonchev–Trinajstić information content (AvgIpc) is 2.01. The van der Waals surface area contributed by atoms with E-state index in [1.54, 1.807) is 0 Å². The van der Waals surface area contributed by atoms with Gasteiger partial charge in [-0.3, -0.25) is 9.78 Å². The van der Waals surface area contributed by atoms with E-state index in [1.807, 2.05) is 0 Å². The summed E-state index contributed by atoms with van der Waals surface area (Å²) in [5.41, 5.74) is -1.41. The van der Waals surface area contributed by atoms with E-state index in [9.17, 15) is 18.0 Å². The summed E-state index contributed by atoms with van der Waals surface area (Å²) in [6.07, 6.45) is -3.89. The molecule has 7 heteroatoms. The van der Waals surface area contributed by atoms with Crippen LogP contribution in [-0.4, -0.2) is 10.2 Å². The third-order valence-electron chi connectivity index (χ3n) is 1.36. The molecule has 1 rings (SSSR count). The number of hydrogen-bond acceptors (Lipinski definition) is 2. The average molecular weight is 244 g/mol. The second-order valence-electron chi connectivity index (χ2n) is 2.32. The topological polar surface area (TPSA) is 30.0 Å². The number of aromatic nitrogens is 1. The van der Waals surface area contributed by atoms with Crippen LogP contribution >= 0.6 is 23.2 Å². The number of hydrogen-bond donors (Lipinski definition) is 0. The molecule has 0 aliphatic carbocycles. The van der Waals surface area contributed by atoms with Crippen LogP contribution in [0.3, 0.4) is 0 Å². The van der Waals surface area contributed by atoms with Crippen LogP contribution in [0.1, 0.15) is 16.1 Å². The second-order valence-corrected chi connectivity index (χ2v) is 3.07. The van der Waals surface area contributed by atoms with Gasteiger partial charge in [0.1, 0.15) is 5.69 Å². The first-order valence-electron chi connectivity index (χ1n) is 3.25. The highest BCUT2D eigenvalue weighted by Crippen LogP contribution is 2.30. The van der Waals surface area contributed by atoms with Gasteiger partial charge in [-0.05, 0) is 17.7 Å². The molecule has 2 nitrogen and oxygen atoms in total. The Hall–Kier alpha value is -0.810. The van der Waals surface area contributed by atoms with Gasteiger partial charge in [0.05, 0.1) is 10.6 Å². The van der Waals surface area contributed by atoms with Crippen LogP contribution in [0, 0.1) is 0 Å². The predicted molar refractivity (Wildman–Crippen MR) is 44.4 cm³/mol. The van der Waals surface area contributed by atoms with E-state index in [4.69, 9.17) is 23.2 Å². The predicted octanol–water partition coefficient (Wildman–Crippen LogP) is 3.13. The number of nitrogens with zero attached hydrogens (tertiary/aromatic N) is 1. The molecule has 0 aliphatic heterocycles. The van der Waals surface area contributed by atoms with Crippen LogP contribution in [0.5, 0.6) is 0 Å². The Bertz CT molecular complexity index is 378. The molecular weight excluding hydrogens is 242 g/mol. The zero-order valence-corrected chi connectivity index (χ0v) is 7.91. The van der Waals surface area contributed by atoms with Crippen molar-refractivity contribution in [2.75, 3.05) is 0 Å². The number of alkyl halides is 3. The Morgan fingerprint density at radius 3 is 2.36 bits per heavy atom. The molecule has 0 radical (unpaired) electrons. The zero-order valence-electron chi connectivity index (χ0n) is 6.40. The van der Waals surface area contributed by atoms with Crippen molar-refractivity contribution in [2.24, 2.45) is 0 Å². The van der Waals surface area contributed by atoms with Gasteiger partial charge in [-0.15, -0.1) is 0 Å². The van der Waals surface area contributed by atoms with Gasteiger partial charge in [-0.2, -0.15) is 13.2 Å². The normalized spacial score (nSPS) is 11.5. The van der Waals surface area contributed by atoms with Crippen LogP contribution < -0.4 is 0 Å². The second kappa shape index (κ2) is 3.74. The molecule has 0 atom stereocenters. The highest BCUT2D eigenvalue weighted by atomic mass is 35.5. The van der Waals surface area contributed by atoms with Crippen molar-refractivity contribution < 1.29 is 18.0 Å². The lowest BCUT2D eigenvalue weighted by molar-refractivity contribution is -0.141. The molecule has 0 unspecified atom stereocenters. The first kappa shape index (κ1) is 11.3. The maximum atomic E-state index is 12.1. The van der Waals surface area contributed by atoms with E-state index < -0.39 is 17.1 Å². The fourth-order valence-electron chi connectivity index (χ4n) is 0.730. The highest BCUT2D eigenvalue weighted by molar-refractivity contribution is 6.68. The number of carbonyl (C=O) groups excluding carboxylic acids is 1. The van der Waals surface area contributed by atoms with Gasteiger partial charge >= 0.3 is 6.18 Å². The van der Waals surface area contributed by atoms with Crippen LogP contribution in [0.25, 0.3) is 0 Å². The molecule has 1 heterocycles. The van der Waals surface area contributed by atoms with Gasteiger partial charge in [0.2, 0.25) is 0 Å². The Morgan fingerprint density at radius 2 is 2.00 bits per heavy atom. The molecule has 0 bridgehead atoms. The van der Waals surface area contributed by atoms with Gasteiger partial charge in [0.25, 0.3) is 5.24 Å². The Kier molecular flexibility index (Phi) is 3.01. The maximum Gasteiger partial charge on any atom is 0.433 e. The molecule has 0 N–H and O–H groups in total. The molecule has 0 fully saturated rings. The Balaban J connectivity index is 3.20. The van der Waals surface area contributed by atoms with Crippen molar-refractivity contribution in [3.05, 3.63) is 28.5 Å². The van der Waals surface area contributed by atoms with Crippen molar-refractivity contribution >= 4 is 28.4 Å². The van der Waals surface area contributed by atoms with Crippen LogP contribution in [-0.2, 0) is 6.18 Å². The minimum Gasteiger partial charge on any atom is -0.275 e. The maximum absolute atomic E-state index is 12.1. The smallest absolute Gasteiger partial charge is 0.275 e. The molecule has 0 saturated carbocycles. The molecule has 14 heavy (non-hydrogen) atoms. The quantitative estimate of drug-likeness (QED) is 0.710.